The standard InChI is InChI=1S/C13H15N3O2/c17-9-15-6-5-11(8-15)16-7-10-3-1-2-4-12(10)14-13(16)18/h1-4,9,11H,5-8H2,(H,14,18). The smallest absolute Gasteiger partial charge is 0.322 e. The summed E-state index contributed by atoms with van der Waals surface area (Å²) < 4.78 is 0. The van der Waals surface area contributed by atoms with Crippen LogP contribution in [0, 0.1) is 0 Å². The number of fused-ring (bicyclic) bond motifs is 1. The van der Waals surface area contributed by atoms with Gasteiger partial charge in [-0.05, 0) is 18.1 Å². The number of amides is 3. The molecule has 1 saturated heterocycles. The quantitative estimate of drug-likeness (QED) is 0.798. The number of hydrogen-bond donors (Lipinski definition) is 1. The Labute approximate surface area is 105 Å². The molecule has 0 aromatic heterocycles. The Kier molecular flexibility index (Phi) is 2.66. The van der Waals surface area contributed by atoms with Gasteiger partial charge in [0.25, 0.3) is 0 Å². The van der Waals surface area contributed by atoms with Gasteiger partial charge in [-0.15, -0.1) is 0 Å². The molecule has 3 rings (SSSR count). The number of hydrogen-bond acceptors (Lipinski definition) is 2. The van der Waals surface area contributed by atoms with Gasteiger partial charge in [-0.3, -0.25) is 4.79 Å². The van der Waals surface area contributed by atoms with Gasteiger partial charge in [0.1, 0.15) is 0 Å². The number of nitrogens with zero attached hydrogens (tertiary/aromatic N) is 2. The molecule has 1 atom stereocenters. The minimum Gasteiger partial charge on any atom is -0.343 e. The lowest BCUT2D eigenvalue weighted by Gasteiger charge is -2.33. The summed E-state index contributed by atoms with van der Waals surface area (Å²) in [6.45, 7) is 2.00. The van der Waals surface area contributed by atoms with E-state index >= 15 is 0 Å². The van der Waals surface area contributed by atoms with Crippen molar-refractivity contribution < 1.29 is 9.59 Å². The molecule has 1 aromatic rings. The van der Waals surface area contributed by atoms with Gasteiger partial charge in [-0.2, -0.15) is 0 Å². The number of carbonyl (C=O) groups excluding carboxylic acids is 2. The summed E-state index contributed by atoms with van der Waals surface area (Å²) >= 11 is 0. The van der Waals surface area contributed by atoms with E-state index in [9.17, 15) is 9.59 Å². The topological polar surface area (TPSA) is 52.7 Å². The average Bonchev–Trinajstić information content (AvgIpc) is 2.86. The van der Waals surface area contributed by atoms with Gasteiger partial charge in [0, 0.05) is 25.3 Å². The molecule has 1 unspecified atom stereocenters. The normalized spacial score (nSPS) is 22.7. The monoisotopic (exact) mass is 245 g/mol. The molecule has 94 valence electrons. The van der Waals surface area contributed by atoms with Crippen LogP contribution in [0.2, 0.25) is 0 Å². The molecule has 5 nitrogen and oxygen atoms in total. The van der Waals surface area contributed by atoms with E-state index in [0.29, 0.717) is 13.1 Å². The van der Waals surface area contributed by atoms with Gasteiger partial charge >= 0.3 is 6.03 Å². The zero-order valence-corrected chi connectivity index (χ0v) is 10.0. The molecule has 2 aliphatic rings. The lowest BCUT2D eigenvalue weighted by Crippen LogP contribution is -2.46. The highest BCUT2D eigenvalue weighted by atomic mass is 16.2. The van der Waals surface area contributed by atoms with Crippen molar-refractivity contribution in [3.8, 4) is 0 Å². The number of carbonyl (C=O) groups is 2. The van der Waals surface area contributed by atoms with E-state index in [1.54, 1.807) is 4.90 Å². The summed E-state index contributed by atoms with van der Waals surface area (Å²) in [6, 6.07) is 7.89. The highest BCUT2D eigenvalue weighted by molar-refractivity contribution is 5.92. The van der Waals surface area contributed by atoms with E-state index < -0.39 is 0 Å². The highest BCUT2D eigenvalue weighted by Gasteiger charge is 2.33. The van der Waals surface area contributed by atoms with Crippen molar-refractivity contribution in [2.45, 2.75) is 19.0 Å². The fourth-order valence-corrected chi connectivity index (χ4v) is 2.64. The van der Waals surface area contributed by atoms with Crippen LogP contribution in [0.1, 0.15) is 12.0 Å². The fraction of sp³-hybridized carbons (Fsp3) is 0.385. The number of anilines is 1. The van der Waals surface area contributed by atoms with E-state index in [1.165, 1.54) is 0 Å². The molecule has 1 fully saturated rings. The predicted molar refractivity (Wildman–Crippen MR) is 67.0 cm³/mol. The summed E-state index contributed by atoms with van der Waals surface area (Å²) in [5, 5.41) is 2.90. The number of rotatable bonds is 2. The maximum absolute atomic E-state index is 12.0. The molecule has 0 saturated carbocycles. The molecule has 2 aliphatic heterocycles. The maximum atomic E-state index is 12.0. The second kappa shape index (κ2) is 4.33. The lowest BCUT2D eigenvalue weighted by atomic mass is 10.1. The second-order valence-electron chi connectivity index (χ2n) is 4.76. The minimum absolute atomic E-state index is 0.0635. The van der Waals surface area contributed by atoms with Gasteiger partial charge in [0.05, 0.1) is 6.04 Å². The van der Waals surface area contributed by atoms with Crippen molar-refractivity contribution in [2.24, 2.45) is 0 Å². The van der Waals surface area contributed by atoms with Crippen LogP contribution in [0.3, 0.4) is 0 Å². The van der Waals surface area contributed by atoms with E-state index in [4.69, 9.17) is 0 Å². The molecule has 0 radical (unpaired) electrons. The number of urea groups is 1. The molecular weight excluding hydrogens is 230 g/mol. The first-order valence-corrected chi connectivity index (χ1v) is 6.13. The molecular formula is C13H15N3O2. The third-order valence-electron chi connectivity index (χ3n) is 3.65. The molecule has 2 heterocycles. The van der Waals surface area contributed by atoms with Gasteiger partial charge in [0.2, 0.25) is 6.41 Å². The molecule has 1 N–H and O–H groups in total. The zero-order chi connectivity index (χ0) is 12.5. The Morgan fingerprint density at radius 3 is 2.94 bits per heavy atom. The van der Waals surface area contributed by atoms with Crippen molar-refractivity contribution >= 4 is 18.1 Å². The van der Waals surface area contributed by atoms with Crippen molar-refractivity contribution in [1.29, 1.82) is 0 Å². The zero-order valence-electron chi connectivity index (χ0n) is 10.0. The second-order valence-corrected chi connectivity index (χ2v) is 4.76. The molecule has 1 aromatic carbocycles. The SMILES string of the molecule is O=CN1CCC(N2Cc3ccccc3NC2=O)C1. The van der Waals surface area contributed by atoms with Gasteiger partial charge in [0.15, 0.2) is 0 Å². The molecule has 0 aliphatic carbocycles. The summed E-state index contributed by atoms with van der Waals surface area (Å²) in [7, 11) is 0. The molecule has 0 bridgehead atoms. The minimum atomic E-state index is -0.0635. The Bertz CT molecular complexity index is 489. The van der Waals surface area contributed by atoms with Gasteiger partial charge < -0.3 is 15.1 Å². The van der Waals surface area contributed by atoms with Crippen molar-refractivity contribution in [1.82, 2.24) is 9.80 Å². The first-order valence-electron chi connectivity index (χ1n) is 6.13. The number of para-hydroxylation sites is 1. The van der Waals surface area contributed by atoms with E-state index in [1.807, 2.05) is 29.2 Å². The summed E-state index contributed by atoms with van der Waals surface area (Å²) in [6.07, 6.45) is 1.71. The third kappa shape index (κ3) is 1.81. The number of likely N-dealkylation sites (tertiary alicyclic amines) is 1. The van der Waals surface area contributed by atoms with Crippen molar-refractivity contribution in [3.05, 3.63) is 29.8 Å². The Hall–Kier alpha value is -2.04. The first-order chi connectivity index (χ1) is 8.78. The highest BCUT2D eigenvalue weighted by Crippen LogP contribution is 2.26. The van der Waals surface area contributed by atoms with E-state index in [2.05, 4.69) is 5.32 Å². The largest absolute Gasteiger partial charge is 0.343 e. The molecule has 5 heteroatoms. The van der Waals surface area contributed by atoms with Crippen LogP contribution in [-0.4, -0.2) is 41.4 Å². The molecule has 3 amide bonds. The molecule has 18 heavy (non-hydrogen) atoms. The third-order valence-corrected chi connectivity index (χ3v) is 3.65. The maximum Gasteiger partial charge on any atom is 0.322 e. The van der Waals surface area contributed by atoms with Crippen LogP contribution in [0.4, 0.5) is 10.5 Å². The van der Waals surface area contributed by atoms with Crippen LogP contribution in [0.15, 0.2) is 24.3 Å². The van der Waals surface area contributed by atoms with Gasteiger partial charge in [-0.1, -0.05) is 18.2 Å². The fourth-order valence-electron chi connectivity index (χ4n) is 2.64. The van der Waals surface area contributed by atoms with Crippen LogP contribution in [0.5, 0.6) is 0 Å². The summed E-state index contributed by atoms with van der Waals surface area (Å²) in [5.41, 5.74) is 2.02. The van der Waals surface area contributed by atoms with Gasteiger partial charge in [-0.25, -0.2) is 4.79 Å². The van der Waals surface area contributed by atoms with E-state index in [-0.39, 0.29) is 12.1 Å². The average molecular weight is 245 g/mol. The van der Waals surface area contributed by atoms with Crippen molar-refractivity contribution in [2.75, 3.05) is 18.4 Å². The summed E-state index contributed by atoms with van der Waals surface area (Å²) in [4.78, 5) is 26.3. The van der Waals surface area contributed by atoms with Crippen LogP contribution < -0.4 is 5.32 Å². The Morgan fingerprint density at radius 2 is 2.17 bits per heavy atom. The predicted octanol–water partition coefficient (Wildman–Crippen LogP) is 1.26. The Morgan fingerprint density at radius 1 is 1.33 bits per heavy atom. The lowest BCUT2D eigenvalue weighted by molar-refractivity contribution is -0.117. The summed E-state index contributed by atoms with van der Waals surface area (Å²) in [5.74, 6) is 0. The molecule has 0 spiro atoms. The number of benzene rings is 1. The van der Waals surface area contributed by atoms with Crippen LogP contribution >= 0.6 is 0 Å². The van der Waals surface area contributed by atoms with Crippen molar-refractivity contribution in [3.63, 3.8) is 0 Å². The number of nitrogens with one attached hydrogen (secondary N) is 1. The van der Waals surface area contributed by atoms with E-state index in [0.717, 1.165) is 30.6 Å². The first kappa shape index (κ1) is 11.1. The van der Waals surface area contributed by atoms with Crippen LogP contribution in [0.25, 0.3) is 0 Å². The Balaban J connectivity index is 1.79. The van der Waals surface area contributed by atoms with Crippen LogP contribution in [-0.2, 0) is 11.3 Å².